The van der Waals surface area contributed by atoms with Crippen molar-refractivity contribution in [3.63, 3.8) is 0 Å². The first-order valence-electron chi connectivity index (χ1n) is 21.0. The van der Waals surface area contributed by atoms with Crippen LogP contribution in [0.4, 0.5) is 0 Å². The third-order valence-corrected chi connectivity index (χ3v) is 9.74. The molecule has 0 spiro atoms. The number of carbonyl (C=O) groups excluding carboxylic acids is 7. The third-order valence-electron chi connectivity index (χ3n) is 9.74. The van der Waals surface area contributed by atoms with Crippen molar-refractivity contribution in [1.29, 1.82) is 5.41 Å². The Kier molecular flexibility index (Phi) is 25.6. The van der Waals surface area contributed by atoms with Crippen LogP contribution in [0, 0.1) is 11.3 Å². The summed E-state index contributed by atoms with van der Waals surface area (Å²) in [5.74, 6) is -13.3. The highest BCUT2D eigenvalue weighted by Gasteiger charge is 2.36. The van der Waals surface area contributed by atoms with Gasteiger partial charge in [0.25, 0.3) is 0 Å². The molecule has 374 valence electrons. The molecule has 0 saturated heterocycles. The molecule has 67 heavy (non-hydrogen) atoms. The van der Waals surface area contributed by atoms with E-state index in [0.29, 0.717) is 0 Å². The van der Waals surface area contributed by atoms with E-state index in [1.54, 1.807) is 44.2 Å². The minimum absolute atomic E-state index is 0.0740. The Labute approximate surface area is 384 Å². The van der Waals surface area contributed by atoms with Gasteiger partial charge in [0.1, 0.15) is 42.3 Å². The van der Waals surface area contributed by atoms with Crippen LogP contribution >= 0.6 is 0 Å². The van der Waals surface area contributed by atoms with Gasteiger partial charge in [0.05, 0.1) is 25.4 Å². The van der Waals surface area contributed by atoms with E-state index in [4.69, 9.17) is 16.9 Å². The Balaban J connectivity index is 3.21. The van der Waals surface area contributed by atoms with Crippen molar-refractivity contribution in [3.8, 4) is 0 Å². The molecular formula is C40H63N11O16. The lowest BCUT2D eigenvalue weighted by Gasteiger charge is -2.28. The second-order valence-electron chi connectivity index (χ2n) is 15.6. The van der Waals surface area contributed by atoms with Crippen LogP contribution in [0.1, 0.15) is 64.9 Å². The van der Waals surface area contributed by atoms with Crippen LogP contribution in [0.3, 0.4) is 0 Å². The van der Waals surface area contributed by atoms with E-state index in [0.717, 1.165) is 12.5 Å². The maximum atomic E-state index is 13.6. The standard InChI is InChI=1S/C40H63N11O16/c1-19(2)30(50-32(59)22(41)16-21-8-5-4-6-9-21)37(64)49-27(18-53)35(62)45-24(12-14-29(57)58)34(61)51-31(20(3)54)38(65)46-23(11-13-28(55)56)33(60)48-26(17-52)36(63)47-25(39(66)67)10-7-15-44-40(42)43/h4-6,8-9,19-20,22-27,30-31,52-54H,7,10-18,41H2,1-3H3,(H,45,62)(H,46,65)(H,47,63)(H,48,60)(H,49,64)(H,50,59)(H,51,61)(H,55,56)(H,57,58)(H,66,67)(H4,42,43,44)/t20-,22+,23+,24+,25+,26+,27+,30+,31+/m1/s1. The number of nitrogens with one attached hydrogen (secondary N) is 9. The number of hydrogen-bond acceptors (Lipinski definition) is 15. The maximum Gasteiger partial charge on any atom is 0.326 e. The monoisotopic (exact) mass is 953 g/mol. The van der Waals surface area contributed by atoms with Crippen molar-refractivity contribution in [1.82, 2.24) is 42.5 Å². The number of aliphatic carboxylic acids is 3. The van der Waals surface area contributed by atoms with Crippen molar-refractivity contribution in [3.05, 3.63) is 35.9 Å². The molecule has 0 aliphatic rings. The van der Waals surface area contributed by atoms with Crippen LogP contribution < -0.4 is 54.0 Å². The zero-order valence-electron chi connectivity index (χ0n) is 37.2. The van der Waals surface area contributed by atoms with Crippen molar-refractivity contribution in [2.45, 2.75) is 120 Å². The van der Waals surface area contributed by atoms with Crippen LogP contribution in [-0.4, -0.2) is 170 Å². The number of amides is 7. The summed E-state index contributed by atoms with van der Waals surface area (Å²) in [6, 6.07) is -4.39. The minimum Gasteiger partial charge on any atom is -0.481 e. The molecule has 1 rings (SSSR count). The van der Waals surface area contributed by atoms with Crippen molar-refractivity contribution in [2.75, 3.05) is 19.8 Å². The zero-order chi connectivity index (χ0) is 51.0. The summed E-state index contributed by atoms with van der Waals surface area (Å²) in [7, 11) is 0. The average Bonchev–Trinajstić information content (AvgIpc) is 3.25. The Morgan fingerprint density at radius 3 is 1.45 bits per heavy atom. The van der Waals surface area contributed by atoms with Gasteiger partial charge >= 0.3 is 17.9 Å². The second kappa shape index (κ2) is 29.5. The predicted octanol–water partition coefficient (Wildman–Crippen LogP) is -5.95. The van der Waals surface area contributed by atoms with E-state index >= 15 is 0 Å². The Morgan fingerprint density at radius 1 is 0.582 bits per heavy atom. The van der Waals surface area contributed by atoms with Crippen molar-refractivity contribution >= 4 is 65.2 Å². The molecule has 0 heterocycles. The molecule has 0 fully saturated rings. The molecule has 0 radical (unpaired) electrons. The van der Waals surface area contributed by atoms with Gasteiger partial charge in [-0.2, -0.15) is 0 Å². The SMILES string of the molecule is CC(C)[C@H](NC(=O)[C@@H](N)Cc1ccccc1)C(=O)N[C@@H](CO)C(=O)N[C@@H](CCC(=O)O)C(=O)N[C@H](C(=O)N[C@@H](CCC(=O)O)C(=O)N[C@@H](CO)C(=O)N[C@@H](CCCNC(=N)N)C(=O)O)[C@@H](C)O. The van der Waals surface area contributed by atoms with Crippen LogP contribution in [0.25, 0.3) is 0 Å². The summed E-state index contributed by atoms with van der Waals surface area (Å²) >= 11 is 0. The highest BCUT2D eigenvalue weighted by atomic mass is 16.4. The first-order valence-corrected chi connectivity index (χ1v) is 21.0. The lowest BCUT2D eigenvalue weighted by Crippen LogP contribution is -2.62. The topological polar surface area (TPSA) is 464 Å². The van der Waals surface area contributed by atoms with Gasteiger partial charge in [0.15, 0.2) is 5.96 Å². The fourth-order valence-electron chi connectivity index (χ4n) is 6.00. The molecular weight excluding hydrogens is 891 g/mol. The third kappa shape index (κ3) is 21.7. The molecule has 19 N–H and O–H groups in total. The number of rotatable bonds is 31. The van der Waals surface area contributed by atoms with Crippen molar-refractivity contribution < 1.29 is 78.6 Å². The van der Waals surface area contributed by atoms with Crippen LogP contribution in [-0.2, 0) is 54.4 Å². The lowest BCUT2D eigenvalue weighted by molar-refractivity contribution is -0.143. The molecule has 0 aliphatic heterocycles. The van der Waals surface area contributed by atoms with Crippen LogP contribution in [0.5, 0.6) is 0 Å². The number of carboxylic acid groups (broad SMARTS) is 3. The number of aliphatic hydroxyl groups is 3. The molecule has 1 aromatic carbocycles. The van der Waals surface area contributed by atoms with Crippen molar-refractivity contribution in [2.24, 2.45) is 17.4 Å². The van der Waals surface area contributed by atoms with Gasteiger partial charge < -0.3 is 84.6 Å². The summed E-state index contributed by atoms with van der Waals surface area (Å²) in [6.07, 6.45) is -4.58. The Hall–Kier alpha value is -6.97. The molecule has 0 bridgehead atoms. The van der Waals surface area contributed by atoms with E-state index in [1.807, 2.05) is 0 Å². The molecule has 0 unspecified atom stereocenters. The van der Waals surface area contributed by atoms with Gasteiger partial charge in [-0.15, -0.1) is 0 Å². The predicted molar refractivity (Wildman–Crippen MR) is 233 cm³/mol. The van der Waals surface area contributed by atoms with E-state index < -0.39 is 159 Å². The van der Waals surface area contributed by atoms with Gasteiger partial charge in [0.2, 0.25) is 41.4 Å². The molecule has 27 nitrogen and oxygen atoms in total. The summed E-state index contributed by atoms with van der Waals surface area (Å²) < 4.78 is 0. The largest absolute Gasteiger partial charge is 0.481 e. The first kappa shape index (κ1) is 58.0. The lowest BCUT2D eigenvalue weighted by atomic mass is 10.0. The van der Waals surface area contributed by atoms with Gasteiger partial charge in [-0.25, -0.2) is 4.79 Å². The molecule has 9 atom stereocenters. The summed E-state index contributed by atoms with van der Waals surface area (Å²) in [6.45, 7) is 2.07. The van der Waals surface area contributed by atoms with E-state index in [2.05, 4.69) is 42.5 Å². The minimum atomic E-state index is -2.00. The second-order valence-corrected chi connectivity index (χ2v) is 15.6. The zero-order valence-corrected chi connectivity index (χ0v) is 37.2. The molecule has 0 aromatic heterocycles. The average molecular weight is 954 g/mol. The van der Waals surface area contributed by atoms with Gasteiger partial charge in [-0.3, -0.25) is 48.6 Å². The summed E-state index contributed by atoms with van der Waals surface area (Å²) in [5, 5.41) is 83.7. The summed E-state index contributed by atoms with van der Waals surface area (Å²) in [5.41, 5.74) is 12.0. The van der Waals surface area contributed by atoms with Gasteiger partial charge in [0, 0.05) is 19.4 Å². The molecule has 7 amide bonds. The number of carbonyl (C=O) groups is 10. The van der Waals surface area contributed by atoms with E-state index in [1.165, 1.54) is 0 Å². The fraction of sp³-hybridized carbons (Fsp3) is 0.575. The van der Waals surface area contributed by atoms with Gasteiger partial charge in [-0.1, -0.05) is 44.2 Å². The number of benzene rings is 1. The quantitative estimate of drug-likeness (QED) is 0.0187. The molecule has 0 saturated carbocycles. The van der Waals surface area contributed by atoms with Crippen LogP contribution in [0.2, 0.25) is 0 Å². The first-order chi connectivity index (χ1) is 31.4. The maximum absolute atomic E-state index is 13.6. The number of aliphatic hydroxyl groups excluding tert-OH is 3. The van der Waals surface area contributed by atoms with Crippen LogP contribution in [0.15, 0.2) is 30.3 Å². The van der Waals surface area contributed by atoms with E-state index in [-0.39, 0.29) is 31.8 Å². The van der Waals surface area contributed by atoms with Gasteiger partial charge in [-0.05, 0) is 50.5 Å². The Morgan fingerprint density at radius 2 is 1.00 bits per heavy atom. The molecule has 1 aromatic rings. The number of carboxylic acids is 3. The highest BCUT2D eigenvalue weighted by Crippen LogP contribution is 2.09. The number of guanidine groups is 1. The molecule has 27 heteroatoms. The smallest absolute Gasteiger partial charge is 0.326 e. The number of nitrogens with two attached hydrogens (primary N) is 2. The van der Waals surface area contributed by atoms with E-state index in [9.17, 15) is 78.6 Å². The highest BCUT2D eigenvalue weighted by molar-refractivity contribution is 5.98. The molecule has 0 aliphatic carbocycles. The Bertz CT molecular complexity index is 1890. The number of hydrogen-bond donors (Lipinski definition) is 17. The normalized spacial score (nSPS) is 15.0. The fourth-order valence-corrected chi connectivity index (χ4v) is 6.00. The summed E-state index contributed by atoms with van der Waals surface area (Å²) in [4.78, 5) is 128.